The quantitative estimate of drug-likeness (QED) is 0.831. The van der Waals surface area contributed by atoms with E-state index in [2.05, 4.69) is 17.0 Å². The Morgan fingerprint density at radius 2 is 2.00 bits per heavy atom. The minimum Gasteiger partial charge on any atom is -0.491 e. The first-order valence-electron chi connectivity index (χ1n) is 7.26. The van der Waals surface area contributed by atoms with E-state index in [0.717, 1.165) is 31.8 Å². The minimum atomic E-state index is -0.587. The van der Waals surface area contributed by atoms with Crippen molar-refractivity contribution in [1.29, 1.82) is 0 Å². The normalized spacial score (nSPS) is 20.3. The van der Waals surface area contributed by atoms with Gasteiger partial charge >= 0.3 is 0 Å². The van der Waals surface area contributed by atoms with Crippen LogP contribution in [0.25, 0.3) is 0 Å². The Balaban J connectivity index is 1.85. The maximum absolute atomic E-state index is 10.1. The van der Waals surface area contributed by atoms with Crippen molar-refractivity contribution in [3.63, 3.8) is 0 Å². The molecule has 0 bridgehead atoms. The summed E-state index contributed by atoms with van der Waals surface area (Å²) in [6.07, 6.45) is 1.06. The monoisotopic (exact) mass is 279 g/mol. The molecule has 2 rings (SSSR count). The molecule has 0 radical (unpaired) electrons. The lowest BCUT2D eigenvalue weighted by Gasteiger charge is -2.25. The van der Waals surface area contributed by atoms with E-state index >= 15 is 0 Å². The summed E-state index contributed by atoms with van der Waals surface area (Å²) < 4.78 is 5.35. The van der Waals surface area contributed by atoms with E-state index in [1.54, 1.807) is 0 Å². The minimum absolute atomic E-state index is 0.0356. The van der Waals surface area contributed by atoms with Gasteiger partial charge in [0.1, 0.15) is 12.4 Å². The van der Waals surface area contributed by atoms with Crippen molar-refractivity contribution in [3.05, 3.63) is 29.8 Å². The smallest absolute Gasteiger partial charge is 0.119 e. The number of aliphatic hydroxyl groups excluding tert-OH is 1. The maximum Gasteiger partial charge on any atom is 0.119 e. The maximum atomic E-state index is 10.1. The molecule has 112 valence electrons. The van der Waals surface area contributed by atoms with Gasteiger partial charge in [-0.1, -0.05) is 12.1 Å². The Labute approximate surface area is 121 Å². The summed E-state index contributed by atoms with van der Waals surface area (Å²) in [4.78, 5) is 2.38. The van der Waals surface area contributed by atoms with Gasteiger partial charge in [-0.05, 0) is 44.5 Å². The van der Waals surface area contributed by atoms with Gasteiger partial charge < -0.3 is 14.9 Å². The van der Waals surface area contributed by atoms with Crippen LogP contribution in [-0.2, 0) is 6.54 Å². The molecule has 20 heavy (non-hydrogen) atoms. The molecule has 4 nitrogen and oxygen atoms in total. The van der Waals surface area contributed by atoms with E-state index in [9.17, 15) is 5.11 Å². The number of rotatable bonds is 6. The molecule has 0 aliphatic carbocycles. The number of likely N-dealkylation sites (tertiary alicyclic amines) is 1. The van der Waals surface area contributed by atoms with Gasteiger partial charge in [-0.2, -0.15) is 0 Å². The number of hydrogen-bond donors (Lipinski definition) is 2. The fourth-order valence-electron chi connectivity index (χ4n) is 2.67. The molecule has 1 saturated heterocycles. The van der Waals surface area contributed by atoms with Crippen molar-refractivity contribution in [1.82, 2.24) is 4.90 Å². The lowest BCUT2D eigenvalue weighted by molar-refractivity contribution is 0.0208. The molecule has 1 atom stereocenters. The zero-order valence-electron chi connectivity index (χ0n) is 12.4. The van der Waals surface area contributed by atoms with Crippen LogP contribution in [0, 0.1) is 5.92 Å². The summed E-state index contributed by atoms with van der Waals surface area (Å²) in [5.41, 5.74) is 0.661. The molecule has 0 saturated carbocycles. The Bertz CT molecular complexity index is 411. The molecule has 0 spiro atoms. The molecule has 1 aliphatic rings. The molecule has 1 aromatic rings. The lowest BCUT2D eigenvalue weighted by atomic mass is 9.90. The Morgan fingerprint density at radius 3 is 2.55 bits per heavy atom. The highest BCUT2D eigenvalue weighted by molar-refractivity contribution is 5.27. The lowest BCUT2D eigenvalue weighted by Crippen LogP contribution is -2.33. The van der Waals surface area contributed by atoms with Crippen LogP contribution < -0.4 is 4.74 Å². The van der Waals surface area contributed by atoms with E-state index < -0.39 is 5.60 Å². The summed E-state index contributed by atoms with van der Waals surface area (Å²) in [7, 11) is 0. The van der Waals surface area contributed by atoms with Crippen LogP contribution in [0.3, 0.4) is 0 Å². The van der Waals surface area contributed by atoms with Crippen molar-refractivity contribution in [2.45, 2.75) is 32.4 Å². The summed E-state index contributed by atoms with van der Waals surface area (Å²) in [6, 6.07) is 8.00. The van der Waals surface area contributed by atoms with Gasteiger partial charge in [-0.15, -0.1) is 0 Å². The summed E-state index contributed by atoms with van der Waals surface area (Å²) in [5.74, 6) is 1.15. The molecule has 0 amide bonds. The SMILES string of the molecule is CC(C)(O)[C@@H]1CCN(Cc2ccc(OCCO)cc2)C1. The Kier molecular flexibility index (Phi) is 5.02. The predicted octanol–water partition coefficient (Wildman–Crippen LogP) is 1.65. The molecule has 1 heterocycles. The Hall–Kier alpha value is -1.10. The van der Waals surface area contributed by atoms with Crippen molar-refractivity contribution < 1.29 is 14.9 Å². The summed E-state index contributed by atoms with van der Waals surface area (Å²) in [6.45, 7) is 7.06. The molecule has 0 aromatic heterocycles. The first kappa shape index (κ1) is 15.3. The van der Waals surface area contributed by atoms with Gasteiger partial charge in [0, 0.05) is 19.0 Å². The van der Waals surface area contributed by atoms with Crippen LogP contribution in [0.5, 0.6) is 5.75 Å². The van der Waals surface area contributed by atoms with Gasteiger partial charge in [-0.3, -0.25) is 4.90 Å². The number of benzene rings is 1. The van der Waals surface area contributed by atoms with Crippen LogP contribution in [0.2, 0.25) is 0 Å². The molecule has 2 N–H and O–H groups in total. The third kappa shape index (κ3) is 4.20. The highest BCUT2D eigenvalue weighted by Gasteiger charge is 2.33. The molecular formula is C16H25NO3. The first-order valence-corrected chi connectivity index (χ1v) is 7.26. The standard InChI is InChI=1S/C16H25NO3/c1-16(2,19)14-7-8-17(12-14)11-13-3-5-15(6-4-13)20-10-9-18/h3-6,14,18-19H,7-12H2,1-2H3/t14-/m1/s1. The molecular weight excluding hydrogens is 254 g/mol. The average molecular weight is 279 g/mol. The third-order valence-electron chi connectivity index (χ3n) is 3.96. The highest BCUT2D eigenvalue weighted by Crippen LogP contribution is 2.28. The number of ether oxygens (including phenoxy) is 1. The fourth-order valence-corrected chi connectivity index (χ4v) is 2.67. The fraction of sp³-hybridized carbons (Fsp3) is 0.625. The largest absolute Gasteiger partial charge is 0.491 e. The van der Waals surface area contributed by atoms with Crippen molar-refractivity contribution in [3.8, 4) is 5.75 Å². The van der Waals surface area contributed by atoms with Gasteiger partial charge in [0.05, 0.1) is 12.2 Å². The number of nitrogens with zero attached hydrogens (tertiary/aromatic N) is 1. The number of aliphatic hydroxyl groups is 2. The summed E-state index contributed by atoms with van der Waals surface area (Å²) in [5, 5.41) is 18.8. The molecule has 1 aliphatic heterocycles. The van der Waals surface area contributed by atoms with Crippen LogP contribution in [0.1, 0.15) is 25.8 Å². The predicted molar refractivity (Wildman–Crippen MR) is 78.7 cm³/mol. The zero-order chi connectivity index (χ0) is 14.6. The van der Waals surface area contributed by atoms with Gasteiger partial charge in [0.25, 0.3) is 0 Å². The summed E-state index contributed by atoms with van der Waals surface area (Å²) >= 11 is 0. The van der Waals surface area contributed by atoms with E-state index in [-0.39, 0.29) is 6.61 Å². The zero-order valence-corrected chi connectivity index (χ0v) is 12.4. The van der Waals surface area contributed by atoms with Crippen LogP contribution in [0.15, 0.2) is 24.3 Å². The van der Waals surface area contributed by atoms with E-state index in [0.29, 0.717) is 12.5 Å². The second-order valence-electron chi connectivity index (χ2n) is 6.09. The molecule has 1 aromatic carbocycles. The second-order valence-corrected chi connectivity index (χ2v) is 6.09. The van der Waals surface area contributed by atoms with Gasteiger partial charge in [-0.25, -0.2) is 0 Å². The van der Waals surface area contributed by atoms with Crippen molar-refractivity contribution >= 4 is 0 Å². The molecule has 1 fully saturated rings. The van der Waals surface area contributed by atoms with Gasteiger partial charge in [0.15, 0.2) is 0 Å². The topological polar surface area (TPSA) is 52.9 Å². The van der Waals surface area contributed by atoms with Crippen LogP contribution >= 0.6 is 0 Å². The van der Waals surface area contributed by atoms with E-state index in [4.69, 9.17) is 9.84 Å². The third-order valence-corrected chi connectivity index (χ3v) is 3.96. The molecule has 4 heteroatoms. The van der Waals surface area contributed by atoms with Crippen molar-refractivity contribution in [2.75, 3.05) is 26.3 Å². The van der Waals surface area contributed by atoms with Crippen LogP contribution in [-0.4, -0.2) is 47.0 Å². The first-order chi connectivity index (χ1) is 9.49. The molecule has 0 unspecified atom stereocenters. The van der Waals surface area contributed by atoms with E-state index in [1.165, 1.54) is 5.56 Å². The number of hydrogen-bond acceptors (Lipinski definition) is 4. The van der Waals surface area contributed by atoms with E-state index in [1.807, 2.05) is 26.0 Å². The average Bonchev–Trinajstić information content (AvgIpc) is 2.86. The highest BCUT2D eigenvalue weighted by atomic mass is 16.5. The van der Waals surface area contributed by atoms with Gasteiger partial charge in [0.2, 0.25) is 0 Å². The van der Waals surface area contributed by atoms with Crippen molar-refractivity contribution in [2.24, 2.45) is 5.92 Å². The van der Waals surface area contributed by atoms with Crippen LogP contribution in [0.4, 0.5) is 0 Å². The second kappa shape index (κ2) is 6.57. The Morgan fingerprint density at radius 1 is 1.30 bits per heavy atom.